The maximum atomic E-state index is 12.5. The van der Waals surface area contributed by atoms with Crippen LogP contribution < -0.4 is 10.1 Å². The summed E-state index contributed by atoms with van der Waals surface area (Å²) in [6, 6.07) is 3.63. The van der Waals surface area contributed by atoms with E-state index in [1.165, 1.54) is 0 Å². The Labute approximate surface area is 141 Å². The molecule has 0 bridgehead atoms. The van der Waals surface area contributed by atoms with Gasteiger partial charge in [-0.05, 0) is 26.0 Å². The first-order chi connectivity index (χ1) is 11.6. The molecule has 2 aromatic rings. The summed E-state index contributed by atoms with van der Waals surface area (Å²) in [6.07, 6.45) is 4.01. The predicted octanol–water partition coefficient (Wildman–Crippen LogP) is 1.65. The van der Waals surface area contributed by atoms with Crippen LogP contribution >= 0.6 is 0 Å². The summed E-state index contributed by atoms with van der Waals surface area (Å²) >= 11 is 0. The zero-order chi connectivity index (χ0) is 17.1. The number of ether oxygens (including phenoxy) is 2. The van der Waals surface area contributed by atoms with Gasteiger partial charge in [0.2, 0.25) is 0 Å². The molecule has 3 heterocycles. The Hall–Kier alpha value is -2.41. The van der Waals surface area contributed by atoms with E-state index < -0.39 is 0 Å². The highest BCUT2D eigenvalue weighted by Crippen LogP contribution is 2.30. The minimum absolute atomic E-state index is 0.0807. The summed E-state index contributed by atoms with van der Waals surface area (Å²) < 4.78 is 12.9. The fourth-order valence-electron chi connectivity index (χ4n) is 3.00. The molecular weight excluding hydrogens is 308 g/mol. The lowest BCUT2D eigenvalue weighted by Gasteiger charge is -2.24. The topological polar surface area (TPSA) is 78.3 Å². The van der Waals surface area contributed by atoms with Gasteiger partial charge in [0.1, 0.15) is 18.1 Å². The van der Waals surface area contributed by atoms with Crippen molar-refractivity contribution in [3.8, 4) is 5.75 Å². The van der Waals surface area contributed by atoms with Gasteiger partial charge in [0.05, 0.1) is 30.6 Å². The highest BCUT2D eigenvalue weighted by Gasteiger charge is 2.31. The number of carbonyl (C=O) groups excluding carboxylic acids is 1. The van der Waals surface area contributed by atoms with Gasteiger partial charge in [-0.15, -0.1) is 0 Å². The lowest BCUT2D eigenvalue weighted by Crippen LogP contribution is -2.31. The molecule has 7 nitrogen and oxygen atoms in total. The summed E-state index contributed by atoms with van der Waals surface area (Å²) in [5.74, 6) is 0.548. The van der Waals surface area contributed by atoms with Crippen molar-refractivity contribution in [1.82, 2.24) is 20.1 Å². The van der Waals surface area contributed by atoms with Crippen molar-refractivity contribution in [2.75, 3.05) is 13.2 Å². The standard InChI is InChI=1S/C17H22N4O3/c1-11-9-14-15(12(2)24-11)20-21(3)16(14)17(22)19-7-8-23-13-5-4-6-18-10-13/h4-6,10-12H,7-9H2,1-3H3,(H,19,22)/t11-,12+/m1/s1. The van der Waals surface area contributed by atoms with E-state index in [2.05, 4.69) is 15.4 Å². The second-order valence-corrected chi connectivity index (χ2v) is 5.92. The van der Waals surface area contributed by atoms with Crippen LogP contribution in [0, 0.1) is 0 Å². The summed E-state index contributed by atoms with van der Waals surface area (Å²) in [6.45, 7) is 4.77. The molecule has 1 N–H and O–H groups in total. The zero-order valence-corrected chi connectivity index (χ0v) is 14.2. The lowest BCUT2D eigenvalue weighted by molar-refractivity contribution is -0.00710. The number of aromatic nitrogens is 3. The van der Waals surface area contributed by atoms with Crippen molar-refractivity contribution in [2.45, 2.75) is 32.5 Å². The van der Waals surface area contributed by atoms with E-state index in [4.69, 9.17) is 9.47 Å². The molecule has 0 unspecified atom stereocenters. The van der Waals surface area contributed by atoms with Gasteiger partial charge in [0, 0.05) is 25.2 Å². The van der Waals surface area contributed by atoms with Crippen LogP contribution in [0.4, 0.5) is 0 Å². The van der Waals surface area contributed by atoms with Crippen LogP contribution in [-0.4, -0.2) is 39.9 Å². The van der Waals surface area contributed by atoms with Crippen molar-refractivity contribution in [3.05, 3.63) is 41.5 Å². The summed E-state index contributed by atoms with van der Waals surface area (Å²) in [5, 5.41) is 7.34. The van der Waals surface area contributed by atoms with Gasteiger partial charge in [0.25, 0.3) is 5.91 Å². The van der Waals surface area contributed by atoms with Crippen molar-refractivity contribution in [1.29, 1.82) is 0 Å². The SMILES string of the molecule is C[C@@H]1Cc2c(nn(C)c2C(=O)NCCOc2cccnc2)[C@H](C)O1. The van der Waals surface area contributed by atoms with Crippen molar-refractivity contribution in [3.63, 3.8) is 0 Å². The molecule has 2 atom stereocenters. The van der Waals surface area contributed by atoms with Crippen molar-refractivity contribution in [2.24, 2.45) is 7.05 Å². The van der Waals surface area contributed by atoms with Crippen LogP contribution in [0.15, 0.2) is 24.5 Å². The Morgan fingerprint density at radius 1 is 1.50 bits per heavy atom. The highest BCUT2D eigenvalue weighted by molar-refractivity contribution is 5.94. The fraction of sp³-hybridized carbons (Fsp3) is 0.471. The third-order valence-electron chi connectivity index (χ3n) is 4.00. The molecule has 7 heteroatoms. The second-order valence-electron chi connectivity index (χ2n) is 5.92. The van der Waals surface area contributed by atoms with Gasteiger partial charge < -0.3 is 14.8 Å². The number of nitrogens with one attached hydrogen (secondary N) is 1. The monoisotopic (exact) mass is 330 g/mol. The molecule has 1 amide bonds. The van der Waals surface area contributed by atoms with E-state index in [1.807, 2.05) is 19.9 Å². The summed E-state index contributed by atoms with van der Waals surface area (Å²) in [7, 11) is 1.79. The molecule has 24 heavy (non-hydrogen) atoms. The molecule has 1 aliphatic rings. The van der Waals surface area contributed by atoms with Crippen LogP contribution in [-0.2, 0) is 18.2 Å². The normalized spacial score (nSPS) is 19.6. The van der Waals surface area contributed by atoms with Gasteiger partial charge in [-0.25, -0.2) is 0 Å². The van der Waals surface area contributed by atoms with Gasteiger partial charge in [0.15, 0.2) is 0 Å². The molecule has 1 aliphatic heterocycles. The molecule has 0 aromatic carbocycles. The highest BCUT2D eigenvalue weighted by atomic mass is 16.5. The van der Waals surface area contributed by atoms with E-state index in [-0.39, 0.29) is 18.1 Å². The second kappa shape index (κ2) is 7.00. The number of hydrogen-bond acceptors (Lipinski definition) is 5. The van der Waals surface area contributed by atoms with Crippen LogP contribution in [0.5, 0.6) is 5.75 Å². The minimum Gasteiger partial charge on any atom is -0.490 e. The van der Waals surface area contributed by atoms with Crippen LogP contribution in [0.1, 0.15) is 41.7 Å². The average molecular weight is 330 g/mol. The number of rotatable bonds is 5. The maximum absolute atomic E-state index is 12.5. The zero-order valence-electron chi connectivity index (χ0n) is 14.2. The van der Waals surface area contributed by atoms with E-state index in [0.29, 0.717) is 31.0 Å². The number of aryl methyl sites for hydroxylation is 1. The quantitative estimate of drug-likeness (QED) is 0.843. The third-order valence-corrected chi connectivity index (χ3v) is 4.00. The number of nitrogens with zero attached hydrogens (tertiary/aromatic N) is 3. The molecule has 0 fully saturated rings. The first-order valence-corrected chi connectivity index (χ1v) is 8.08. The van der Waals surface area contributed by atoms with E-state index in [0.717, 1.165) is 11.3 Å². The number of pyridine rings is 1. The van der Waals surface area contributed by atoms with Gasteiger partial charge in [-0.3, -0.25) is 14.5 Å². The van der Waals surface area contributed by atoms with Gasteiger partial charge in [-0.2, -0.15) is 5.10 Å². The molecule has 0 saturated carbocycles. The van der Waals surface area contributed by atoms with E-state index in [1.54, 1.807) is 30.2 Å². The molecule has 0 radical (unpaired) electrons. The summed E-state index contributed by atoms with van der Waals surface area (Å²) in [5.41, 5.74) is 2.44. The Balaban J connectivity index is 1.61. The minimum atomic E-state index is -0.137. The molecule has 3 rings (SSSR count). The number of amides is 1. The number of hydrogen-bond donors (Lipinski definition) is 1. The largest absolute Gasteiger partial charge is 0.490 e. The average Bonchev–Trinajstić information content (AvgIpc) is 2.89. The Bertz CT molecular complexity index is 714. The smallest absolute Gasteiger partial charge is 0.269 e. The Morgan fingerprint density at radius 3 is 3.08 bits per heavy atom. The Morgan fingerprint density at radius 2 is 2.33 bits per heavy atom. The lowest BCUT2D eigenvalue weighted by atomic mass is 9.99. The number of fused-ring (bicyclic) bond motifs is 1. The molecule has 128 valence electrons. The summed E-state index contributed by atoms with van der Waals surface area (Å²) in [4.78, 5) is 16.5. The van der Waals surface area contributed by atoms with E-state index >= 15 is 0 Å². The number of carbonyl (C=O) groups is 1. The van der Waals surface area contributed by atoms with Crippen molar-refractivity contribution < 1.29 is 14.3 Å². The van der Waals surface area contributed by atoms with Crippen LogP contribution in [0.3, 0.4) is 0 Å². The first kappa shape index (κ1) is 16.4. The van der Waals surface area contributed by atoms with E-state index in [9.17, 15) is 4.79 Å². The van der Waals surface area contributed by atoms with Gasteiger partial charge in [-0.1, -0.05) is 0 Å². The molecule has 0 aliphatic carbocycles. The van der Waals surface area contributed by atoms with Crippen LogP contribution in [0.2, 0.25) is 0 Å². The maximum Gasteiger partial charge on any atom is 0.269 e. The fourth-order valence-corrected chi connectivity index (χ4v) is 3.00. The molecule has 0 spiro atoms. The molecule has 0 saturated heterocycles. The first-order valence-electron chi connectivity index (χ1n) is 8.08. The van der Waals surface area contributed by atoms with Gasteiger partial charge >= 0.3 is 0 Å². The van der Waals surface area contributed by atoms with Crippen molar-refractivity contribution >= 4 is 5.91 Å². The Kier molecular flexibility index (Phi) is 4.80. The molecule has 2 aromatic heterocycles. The third kappa shape index (κ3) is 3.41. The molecular formula is C17H22N4O3. The van der Waals surface area contributed by atoms with Crippen LogP contribution in [0.25, 0.3) is 0 Å². The predicted molar refractivity (Wildman–Crippen MR) is 87.9 cm³/mol.